The highest BCUT2D eigenvalue weighted by molar-refractivity contribution is 5.82. The molecule has 4 saturated heterocycles. The lowest BCUT2D eigenvalue weighted by atomic mass is 9.92. The first-order valence-electron chi connectivity index (χ1n) is 25.0. The maximum Gasteiger partial charge on any atom is 0.252 e. The van der Waals surface area contributed by atoms with Crippen LogP contribution in [0.5, 0.6) is 11.5 Å². The van der Waals surface area contributed by atoms with Crippen LogP contribution < -0.4 is 21.3 Å². The zero-order chi connectivity index (χ0) is 55.7. The van der Waals surface area contributed by atoms with E-state index in [0.717, 1.165) is 0 Å². The summed E-state index contributed by atoms with van der Waals surface area (Å²) in [6.45, 7) is 5.93. The third-order valence-electron chi connectivity index (χ3n) is 13.7. The number of phenolic OH excluding ortho intramolecular Hbond substituents is 2. The minimum absolute atomic E-state index is 0.0430. The molecule has 4 aliphatic heterocycles. The average molecular weight is 1090 g/mol. The van der Waals surface area contributed by atoms with Crippen molar-refractivity contribution in [1.29, 1.82) is 0 Å². The summed E-state index contributed by atoms with van der Waals surface area (Å²) in [6.07, 6.45) is -27.4. The molecule has 76 heavy (non-hydrogen) atoms. The predicted octanol–water partition coefficient (Wildman–Crippen LogP) is -3.90. The molecular weight excluding hydrogens is 1020 g/mol. The number of phenols is 2. The first-order chi connectivity index (χ1) is 36.1. The SMILES string of the molecule is CCCOC1C(C(=O)NCCc2ccc(O)c(-c3cc(CCNC(=O)C4OC(OC5C(O)C(CO)OC(C)C5NC(C)=O)C(O)C(O)C4OF)ccc3O)c2)OC(OC2C(O)C(CO)OC(C)C2NC(C)=O)C(O)C1O. The molecular formula is C49H71FN4O22. The lowest BCUT2D eigenvalue weighted by Crippen LogP contribution is -2.68. The van der Waals surface area contributed by atoms with Gasteiger partial charge in [0.05, 0.1) is 37.5 Å². The first-order valence-corrected chi connectivity index (χ1v) is 25.0. The Labute approximate surface area is 436 Å². The number of hydrogen-bond acceptors (Lipinski definition) is 22. The third-order valence-corrected chi connectivity index (χ3v) is 13.7. The van der Waals surface area contributed by atoms with Crippen molar-refractivity contribution in [2.75, 3.05) is 32.9 Å². The van der Waals surface area contributed by atoms with Crippen molar-refractivity contribution in [3.05, 3.63) is 47.5 Å². The van der Waals surface area contributed by atoms with Gasteiger partial charge in [-0.05, 0) is 73.0 Å². The lowest BCUT2D eigenvalue weighted by Gasteiger charge is -2.47. The van der Waals surface area contributed by atoms with Gasteiger partial charge < -0.3 is 105 Å². The van der Waals surface area contributed by atoms with Gasteiger partial charge in [-0.3, -0.25) is 19.2 Å². The van der Waals surface area contributed by atoms with Crippen LogP contribution in [0.1, 0.15) is 52.2 Å². The molecule has 20 atom stereocenters. The number of ether oxygens (including phenoxy) is 7. The number of benzene rings is 2. The van der Waals surface area contributed by atoms with Crippen LogP contribution in [-0.2, 0) is 70.1 Å². The molecule has 4 heterocycles. The molecule has 6 rings (SSSR count). The molecule has 0 radical (unpaired) electrons. The molecule has 4 fully saturated rings. The molecule has 0 spiro atoms. The Bertz CT molecular complexity index is 2270. The minimum atomic E-state index is -2.10. The van der Waals surface area contributed by atoms with E-state index in [4.69, 9.17) is 33.2 Å². The largest absolute Gasteiger partial charge is 0.507 e. The van der Waals surface area contributed by atoms with Crippen LogP contribution in [0.3, 0.4) is 0 Å². The molecule has 20 unspecified atom stereocenters. The minimum Gasteiger partial charge on any atom is -0.507 e. The van der Waals surface area contributed by atoms with E-state index in [2.05, 4.69) is 26.2 Å². The highest BCUT2D eigenvalue weighted by Crippen LogP contribution is 2.38. The smallest absolute Gasteiger partial charge is 0.252 e. The van der Waals surface area contributed by atoms with Crippen LogP contribution in [0.25, 0.3) is 11.1 Å². The normalized spacial score (nSPS) is 35.7. The average Bonchev–Trinajstić information content (AvgIpc) is 3.38. The fraction of sp³-hybridized carbons (Fsp3) is 0.673. The van der Waals surface area contributed by atoms with Crippen LogP contribution in [0.4, 0.5) is 4.53 Å². The maximum absolute atomic E-state index is 13.9. The number of aliphatic hydroxyl groups is 8. The van der Waals surface area contributed by atoms with Crippen LogP contribution in [0.2, 0.25) is 0 Å². The van der Waals surface area contributed by atoms with Crippen molar-refractivity contribution in [2.24, 2.45) is 0 Å². The van der Waals surface area contributed by atoms with Crippen molar-refractivity contribution in [1.82, 2.24) is 21.3 Å². The second kappa shape index (κ2) is 27.2. The lowest BCUT2D eigenvalue weighted by molar-refractivity contribution is -0.350. The number of carbonyl (C=O) groups excluding carboxylic acids is 4. The number of nitrogens with one attached hydrogen (secondary N) is 4. The van der Waals surface area contributed by atoms with Crippen molar-refractivity contribution >= 4 is 23.6 Å². The molecule has 0 bridgehead atoms. The second-order valence-electron chi connectivity index (χ2n) is 19.2. The standard InChI is InChI=1S/C49H71FN4O22/c1-6-15-69-42-36(63)38(65)48(72-40-32(53-22(4)57)20(2)70-30(18-55)34(40)61)74-44(42)46(67)51-13-11-24-7-9-28(59)26(16-24)27-17-25(8-10-29(27)60)12-14-52-47(68)45-43(76-50)37(64)39(66)49(75-45)73-41-33(54-23(5)58)21(3)71-31(19-56)35(41)62/h7-10,16-17,20-21,30-45,48-49,55-56,59-66H,6,11-15,18-19H2,1-5H3,(H,51,67)(H,52,68)(H,53,57)(H,54,58). The van der Waals surface area contributed by atoms with Crippen LogP contribution in [0.15, 0.2) is 36.4 Å². The highest BCUT2D eigenvalue weighted by atomic mass is 19.3. The molecule has 4 aliphatic rings. The Morgan fingerprint density at radius 2 is 1.00 bits per heavy atom. The molecule has 2 aromatic carbocycles. The molecule has 4 amide bonds. The summed E-state index contributed by atoms with van der Waals surface area (Å²) in [5.74, 6) is -3.28. The van der Waals surface area contributed by atoms with Gasteiger partial charge in [-0.2, -0.15) is 4.94 Å². The van der Waals surface area contributed by atoms with E-state index in [1.165, 1.54) is 39.0 Å². The summed E-state index contributed by atoms with van der Waals surface area (Å²) < 4.78 is 54.3. The Morgan fingerprint density at radius 3 is 1.38 bits per heavy atom. The van der Waals surface area contributed by atoms with Gasteiger partial charge in [-0.25, -0.2) is 0 Å². The predicted molar refractivity (Wildman–Crippen MR) is 256 cm³/mol. The summed E-state index contributed by atoms with van der Waals surface area (Å²) in [4.78, 5) is 55.3. The summed E-state index contributed by atoms with van der Waals surface area (Å²) in [5, 5.41) is 118. The van der Waals surface area contributed by atoms with Gasteiger partial charge in [0.1, 0.15) is 78.6 Å². The number of aromatic hydroxyl groups is 2. The Balaban J connectivity index is 1.09. The van der Waals surface area contributed by atoms with E-state index in [0.29, 0.717) is 17.5 Å². The fourth-order valence-corrected chi connectivity index (χ4v) is 9.70. The topological polar surface area (TPSA) is 393 Å². The summed E-state index contributed by atoms with van der Waals surface area (Å²) in [6, 6.07) is 6.90. The molecule has 426 valence electrons. The zero-order valence-electron chi connectivity index (χ0n) is 42.4. The van der Waals surface area contributed by atoms with Gasteiger partial charge in [-0.1, -0.05) is 19.1 Å². The van der Waals surface area contributed by atoms with E-state index < -0.39 is 159 Å². The maximum atomic E-state index is 13.9. The van der Waals surface area contributed by atoms with E-state index >= 15 is 0 Å². The number of rotatable bonds is 21. The summed E-state index contributed by atoms with van der Waals surface area (Å²) >= 11 is 0. The number of aliphatic hydroxyl groups excluding tert-OH is 8. The second-order valence-corrected chi connectivity index (χ2v) is 19.2. The molecule has 0 aliphatic carbocycles. The Hall–Kier alpha value is -4.79. The molecule has 0 saturated carbocycles. The quantitative estimate of drug-likeness (QED) is 0.0568. The van der Waals surface area contributed by atoms with Crippen molar-refractivity contribution in [3.63, 3.8) is 0 Å². The summed E-state index contributed by atoms with van der Waals surface area (Å²) in [7, 11) is 0. The van der Waals surface area contributed by atoms with Gasteiger partial charge >= 0.3 is 0 Å². The molecule has 2 aromatic rings. The van der Waals surface area contributed by atoms with Crippen molar-refractivity contribution < 1.29 is 113 Å². The number of halogens is 1. The van der Waals surface area contributed by atoms with Gasteiger partial charge in [0.15, 0.2) is 30.9 Å². The van der Waals surface area contributed by atoms with E-state index in [9.17, 15) is 74.8 Å². The van der Waals surface area contributed by atoms with E-state index in [1.807, 2.05) is 0 Å². The Kier molecular flexibility index (Phi) is 21.6. The molecule has 0 aromatic heterocycles. The monoisotopic (exact) mass is 1090 g/mol. The fourth-order valence-electron chi connectivity index (χ4n) is 9.70. The van der Waals surface area contributed by atoms with Gasteiger partial charge in [-0.15, -0.1) is 0 Å². The van der Waals surface area contributed by atoms with Crippen LogP contribution in [0, 0.1) is 0 Å². The van der Waals surface area contributed by atoms with Crippen molar-refractivity contribution in [3.8, 4) is 22.6 Å². The first kappa shape index (κ1) is 60.4. The van der Waals surface area contributed by atoms with Crippen LogP contribution >= 0.6 is 0 Å². The third kappa shape index (κ3) is 14.1. The van der Waals surface area contributed by atoms with Gasteiger partial charge in [0.25, 0.3) is 11.8 Å². The molecule has 27 heteroatoms. The van der Waals surface area contributed by atoms with Crippen molar-refractivity contribution in [2.45, 2.75) is 176 Å². The van der Waals surface area contributed by atoms with Crippen LogP contribution in [-0.4, -0.2) is 230 Å². The number of amides is 4. The number of hydrogen-bond donors (Lipinski definition) is 14. The van der Waals surface area contributed by atoms with E-state index in [1.54, 1.807) is 32.0 Å². The molecule has 26 nitrogen and oxygen atoms in total. The highest BCUT2D eigenvalue weighted by Gasteiger charge is 2.55. The van der Waals surface area contributed by atoms with E-state index in [-0.39, 0.29) is 55.2 Å². The Morgan fingerprint density at radius 1 is 0.592 bits per heavy atom. The number of carbonyl (C=O) groups is 4. The molecule has 14 N–H and O–H groups in total. The van der Waals surface area contributed by atoms with Gasteiger partial charge in [0.2, 0.25) is 11.8 Å². The van der Waals surface area contributed by atoms with Gasteiger partial charge in [0, 0.05) is 44.7 Å². The zero-order valence-corrected chi connectivity index (χ0v) is 42.4. The summed E-state index contributed by atoms with van der Waals surface area (Å²) in [5.41, 5.74) is 1.46.